The highest BCUT2D eigenvalue weighted by molar-refractivity contribution is 4.98. The molecule has 1 saturated heterocycles. The van der Waals surface area contributed by atoms with Crippen LogP contribution in [-0.2, 0) is 6.54 Å². The SMILES string of the molecule is OC1CCN([C@H]2CCC[C@H]2NCc2cnc[nH]2)C1. The molecule has 2 aliphatic rings. The molecule has 2 fully saturated rings. The zero-order chi connectivity index (χ0) is 12.4. The number of aromatic amines is 1. The Hall–Kier alpha value is -0.910. The summed E-state index contributed by atoms with van der Waals surface area (Å²) in [4.78, 5) is 9.62. The number of hydrogen-bond donors (Lipinski definition) is 3. The monoisotopic (exact) mass is 250 g/mol. The van der Waals surface area contributed by atoms with E-state index in [1.54, 1.807) is 6.33 Å². The third kappa shape index (κ3) is 2.58. The van der Waals surface area contributed by atoms with Gasteiger partial charge in [-0.3, -0.25) is 4.90 Å². The summed E-state index contributed by atoms with van der Waals surface area (Å²) in [7, 11) is 0. The lowest BCUT2D eigenvalue weighted by molar-refractivity contribution is 0.150. The smallest absolute Gasteiger partial charge is 0.0922 e. The summed E-state index contributed by atoms with van der Waals surface area (Å²) >= 11 is 0. The Kier molecular flexibility index (Phi) is 3.63. The summed E-state index contributed by atoms with van der Waals surface area (Å²) in [6.45, 7) is 2.76. The fourth-order valence-corrected chi connectivity index (χ4v) is 3.31. The van der Waals surface area contributed by atoms with E-state index in [4.69, 9.17) is 0 Å². The molecule has 5 nitrogen and oxygen atoms in total. The Labute approximate surface area is 108 Å². The first-order valence-corrected chi connectivity index (χ1v) is 6.95. The van der Waals surface area contributed by atoms with Gasteiger partial charge in [0, 0.05) is 43.6 Å². The predicted molar refractivity (Wildman–Crippen MR) is 69.1 cm³/mol. The zero-order valence-electron chi connectivity index (χ0n) is 10.7. The van der Waals surface area contributed by atoms with Gasteiger partial charge in [0.1, 0.15) is 0 Å². The molecule has 1 aromatic heterocycles. The molecule has 0 amide bonds. The van der Waals surface area contributed by atoms with E-state index in [1.807, 2.05) is 6.20 Å². The number of H-pyrrole nitrogens is 1. The molecule has 0 bridgehead atoms. The van der Waals surface area contributed by atoms with Crippen LogP contribution in [0.1, 0.15) is 31.4 Å². The van der Waals surface area contributed by atoms with Gasteiger partial charge in [-0.05, 0) is 19.3 Å². The molecule has 1 aromatic rings. The van der Waals surface area contributed by atoms with Gasteiger partial charge in [-0.2, -0.15) is 0 Å². The summed E-state index contributed by atoms with van der Waals surface area (Å²) in [5.41, 5.74) is 1.14. The van der Waals surface area contributed by atoms with Gasteiger partial charge in [-0.1, -0.05) is 6.42 Å². The average Bonchev–Trinajstić information content (AvgIpc) is 3.07. The fourth-order valence-electron chi connectivity index (χ4n) is 3.31. The topological polar surface area (TPSA) is 64.2 Å². The van der Waals surface area contributed by atoms with Crippen molar-refractivity contribution in [1.82, 2.24) is 20.2 Å². The molecule has 0 radical (unpaired) electrons. The summed E-state index contributed by atoms with van der Waals surface area (Å²) in [5, 5.41) is 13.3. The largest absolute Gasteiger partial charge is 0.392 e. The molecule has 3 atom stereocenters. The maximum absolute atomic E-state index is 9.65. The van der Waals surface area contributed by atoms with Crippen molar-refractivity contribution in [1.29, 1.82) is 0 Å². The van der Waals surface area contributed by atoms with Crippen molar-refractivity contribution in [3.63, 3.8) is 0 Å². The van der Waals surface area contributed by atoms with Gasteiger partial charge >= 0.3 is 0 Å². The highest BCUT2D eigenvalue weighted by Crippen LogP contribution is 2.27. The van der Waals surface area contributed by atoms with Crippen molar-refractivity contribution >= 4 is 0 Å². The van der Waals surface area contributed by atoms with Crippen LogP contribution in [0.3, 0.4) is 0 Å². The standard InChI is InChI=1S/C13H22N4O/c18-11-4-5-17(8-11)13-3-1-2-12(13)15-7-10-6-14-9-16-10/h6,9,11-13,15,18H,1-5,7-8H2,(H,14,16)/t11?,12-,13+/m1/s1. The van der Waals surface area contributed by atoms with Crippen LogP contribution in [0, 0.1) is 0 Å². The molecule has 1 aliphatic heterocycles. The minimum Gasteiger partial charge on any atom is -0.392 e. The number of β-amino-alcohol motifs (C(OH)–C–C–N with tert-alkyl or cyclic N) is 1. The summed E-state index contributed by atoms with van der Waals surface area (Å²) in [6.07, 6.45) is 8.20. The van der Waals surface area contributed by atoms with Crippen LogP contribution in [0.4, 0.5) is 0 Å². The van der Waals surface area contributed by atoms with Crippen LogP contribution in [0.2, 0.25) is 0 Å². The van der Waals surface area contributed by atoms with Crippen molar-refractivity contribution in [2.45, 2.75) is 50.4 Å². The number of aliphatic hydroxyl groups excluding tert-OH is 1. The number of aromatic nitrogens is 2. The molecule has 2 heterocycles. The number of aliphatic hydroxyl groups is 1. The number of hydrogen-bond acceptors (Lipinski definition) is 4. The van der Waals surface area contributed by atoms with Crippen LogP contribution in [0.15, 0.2) is 12.5 Å². The van der Waals surface area contributed by atoms with Crippen LogP contribution < -0.4 is 5.32 Å². The molecular formula is C13H22N4O. The number of rotatable bonds is 4. The van der Waals surface area contributed by atoms with Crippen LogP contribution in [-0.4, -0.2) is 51.3 Å². The fraction of sp³-hybridized carbons (Fsp3) is 0.769. The Morgan fingerprint density at radius 1 is 1.44 bits per heavy atom. The molecule has 5 heteroatoms. The number of nitrogens with one attached hydrogen (secondary N) is 2. The van der Waals surface area contributed by atoms with Gasteiger partial charge in [-0.15, -0.1) is 0 Å². The quantitative estimate of drug-likeness (QED) is 0.727. The van der Waals surface area contributed by atoms with Gasteiger partial charge in [0.25, 0.3) is 0 Å². The number of imidazole rings is 1. The highest BCUT2D eigenvalue weighted by Gasteiger charge is 2.35. The third-order valence-corrected chi connectivity index (χ3v) is 4.25. The van der Waals surface area contributed by atoms with Crippen LogP contribution in [0.5, 0.6) is 0 Å². The summed E-state index contributed by atoms with van der Waals surface area (Å²) < 4.78 is 0. The lowest BCUT2D eigenvalue weighted by Gasteiger charge is -2.29. The summed E-state index contributed by atoms with van der Waals surface area (Å²) in [5.74, 6) is 0. The molecule has 1 saturated carbocycles. The van der Waals surface area contributed by atoms with Crippen LogP contribution >= 0.6 is 0 Å². The second-order valence-corrected chi connectivity index (χ2v) is 5.50. The maximum Gasteiger partial charge on any atom is 0.0922 e. The van der Waals surface area contributed by atoms with E-state index in [-0.39, 0.29) is 6.10 Å². The van der Waals surface area contributed by atoms with E-state index in [9.17, 15) is 5.11 Å². The van der Waals surface area contributed by atoms with E-state index < -0.39 is 0 Å². The molecule has 0 aromatic carbocycles. The van der Waals surface area contributed by atoms with Gasteiger partial charge in [0.2, 0.25) is 0 Å². The molecular weight excluding hydrogens is 228 g/mol. The van der Waals surface area contributed by atoms with Gasteiger partial charge < -0.3 is 15.4 Å². The third-order valence-electron chi connectivity index (χ3n) is 4.25. The van der Waals surface area contributed by atoms with Crippen molar-refractivity contribution < 1.29 is 5.11 Å². The number of nitrogens with zero attached hydrogens (tertiary/aromatic N) is 2. The Balaban J connectivity index is 1.54. The van der Waals surface area contributed by atoms with Crippen molar-refractivity contribution in [3.05, 3.63) is 18.2 Å². The van der Waals surface area contributed by atoms with E-state index in [2.05, 4.69) is 20.2 Å². The van der Waals surface area contributed by atoms with Gasteiger partial charge in [0.15, 0.2) is 0 Å². The molecule has 3 N–H and O–H groups in total. The van der Waals surface area contributed by atoms with E-state index in [0.717, 1.165) is 31.7 Å². The van der Waals surface area contributed by atoms with Crippen LogP contribution in [0.25, 0.3) is 0 Å². The lowest BCUT2D eigenvalue weighted by Crippen LogP contribution is -2.46. The Morgan fingerprint density at radius 3 is 3.11 bits per heavy atom. The second-order valence-electron chi connectivity index (χ2n) is 5.50. The average molecular weight is 250 g/mol. The molecule has 18 heavy (non-hydrogen) atoms. The van der Waals surface area contributed by atoms with Crippen molar-refractivity contribution in [2.75, 3.05) is 13.1 Å². The minimum absolute atomic E-state index is 0.112. The second kappa shape index (κ2) is 5.38. The first-order chi connectivity index (χ1) is 8.83. The molecule has 0 spiro atoms. The first kappa shape index (κ1) is 12.1. The van der Waals surface area contributed by atoms with E-state index in [1.165, 1.54) is 19.3 Å². The zero-order valence-corrected chi connectivity index (χ0v) is 10.7. The van der Waals surface area contributed by atoms with Gasteiger partial charge in [-0.25, -0.2) is 4.98 Å². The Morgan fingerprint density at radius 2 is 2.39 bits per heavy atom. The predicted octanol–water partition coefficient (Wildman–Crippen LogP) is 0.487. The molecule has 3 rings (SSSR count). The van der Waals surface area contributed by atoms with E-state index in [0.29, 0.717) is 12.1 Å². The molecule has 1 unspecified atom stereocenters. The number of likely N-dealkylation sites (tertiary alicyclic amines) is 1. The first-order valence-electron chi connectivity index (χ1n) is 6.95. The van der Waals surface area contributed by atoms with Gasteiger partial charge in [0.05, 0.1) is 12.4 Å². The Bertz CT molecular complexity index is 367. The minimum atomic E-state index is -0.112. The normalized spacial score (nSPS) is 33.3. The van der Waals surface area contributed by atoms with E-state index >= 15 is 0 Å². The van der Waals surface area contributed by atoms with Crippen molar-refractivity contribution in [3.8, 4) is 0 Å². The summed E-state index contributed by atoms with van der Waals surface area (Å²) in [6, 6.07) is 1.16. The lowest BCUT2D eigenvalue weighted by atomic mass is 10.1. The molecule has 100 valence electrons. The van der Waals surface area contributed by atoms with Crippen molar-refractivity contribution in [2.24, 2.45) is 0 Å². The highest BCUT2D eigenvalue weighted by atomic mass is 16.3. The maximum atomic E-state index is 9.65. The molecule has 1 aliphatic carbocycles.